The average Bonchev–Trinajstić information content (AvgIpc) is 2.53. The molecule has 0 saturated carbocycles. The topological polar surface area (TPSA) is 72.6 Å². The van der Waals surface area contributed by atoms with Crippen molar-refractivity contribution in [2.24, 2.45) is 11.7 Å². The van der Waals surface area contributed by atoms with E-state index in [2.05, 4.69) is 0 Å². The maximum Gasteiger partial charge on any atom is 0.222 e. The van der Waals surface area contributed by atoms with Crippen LogP contribution in [0.4, 0.5) is 4.39 Å². The van der Waals surface area contributed by atoms with E-state index in [1.54, 1.807) is 12.1 Å². The molecule has 1 aliphatic rings. The summed E-state index contributed by atoms with van der Waals surface area (Å²) in [5.74, 6) is -0.136. The molecule has 2 N–H and O–H groups in total. The number of hydrogen-bond acceptors (Lipinski definition) is 3. The molecule has 1 aromatic rings. The number of methoxy groups -OCH3 is 1. The second kappa shape index (κ2) is 7.94. The Balaban J connectivity index is 1.79. The van der Waals surface area contributed by atoms with Crippen molar-refractivity contribution in [3.05, 3.63) is 29.6 Å². The summed E-state index contributed by atoms with van der Waals surface area (Å²) in [4.78, 5) is 25.0. The molecule has 1 heterocycles. The van der Waals surface area contributed by atoms with E-state index in [1.165, 1.54) is 13.2 Å². The van der Waals surface area contributed by atoms with Crippen molar-refractivity contribution < 1.29 is 18.7 Å². The molecular formula is C17H23FN2O3. The summed E-state index contributed by atoms with van der Waals surface area (Å²) >= 11 is 0. The van der Waals surface area contributed by atoms with Gasteiger partial charge in [0.1, 0.15) is 0 Å². The first-order valence-corrected chi connectivity index (χ1v) is 7.88. The lowest BCUT2D eigenvalue weighted by atomic mass is 9.93. The van der Waals surface area contributed by atoms with Gasteiger partial charge in [-0.3, -0.25) is 9.59 Å². The average molecular weight is 322 g/mol. The van der Waals surface area contributed by atoms with E-state index in [0.717, 1.165) is 18.4 Å². The molecule has 2 amide bonds. The Kier molecular flexibility index (Phi) is 5.96. The zero-order chi connectivity index (χ0) is 16.8. The van der Waals surface area contributed by atoms with Crippen LogP contribution in [-0.2, 0) is 16.0 Å². The van der Waals surface area contributed by atoms with Gasteiger partial charge in [-0.15, -0.1) is 0 Å². The molecule has 6 heteroatoms. The number of ether oxygens (including phenoxy) is 1. The Morgan fingerprint density at radius 1 is 1.35 bits per heavy atom. The highest BCUT2D eigenvalue weighted by atomic mass is 19.1. The second-order valence-corrected chi connectivity index (χ2v) is 5.96. The third-order valence-electron chi connectivity index (χ3n) is 4.30. The van der Waals surface area contributed by atoms with Gasteiger partial charge in [0.25, 0.3) is 0 Å². The molecule has 0 aromatic heterocycles. The lowest BCUT2D eigenvalue weighted by Gasteiger charge is -2.31. The fourth-order valence-electron chi connectivity index (χ4n) is 2.95. The minimum absolute atomic E-state index is 0.0683. The van der Waals surface area contributed by atoms with Gasteiger partial charge in [-0.1, -0.05) is 6.07 Å². The van der Waals surface area contributed by atoms with Crippen LogP contribution >= 0.6 is 0 Å². The second-order valence-electron chi connectivity index (χ2n) is 5.96. The molecule has 1 aliphatic heterocycles. The van der Waals surface area contributed by atoms with Gasteiger partial charge in [-0.05, 0) is 42.9 Å². The van der Waals surface area contributed by atoms with Gasteiger partial charge in [0.2, 0.25) is 11.8 Å². The molecular weight excluding hydrogens is 299 g/mol. The summed E-state index contributed by atoms with van der Waals surface area (Å²) in [6, 6.07) is 4.75. The van der Waals surface area contributed by atoms with Crippen molar-refractivity contribution in [1.29, 1.82) is 0 Å². The van der Waals surface area contributed by atoms with Gasteiger partial charge in [-0.25, -0.2) is 4.39 Å². The summed E-state index contributed by atoms with van der Waals surface area (Å²) in [7, 11) is 1.42. The van der Waals surface area contributed by atoms with Crippen molar-refractivity contribution in [1.82, 2.24) is 4.90 Å². The number of hydrogen-bond donors (Lipinski definition) is 1. The lowest BCUT2D eigenvalue weighted by molar-refractivity contribution is -0.132. The van der Waals surface area contributed by atoms with Crippen LogP contribution in [0.1, 0.15) is 31.2 Å². The highest BCUT2D eigenvalue weighted by molar-refractivity contribution is 5.77. The number of nitrogens with zero attached hydrogens (tertiary/aromatic N) is 1. The van der Waals surface area contributed by atoms with E-state index in [1.807, 2.05) is 4.90 Å². The van der Waals surface area contributed by atoms with E-state index in [-0.39, 0.29) is 23.5 Å². The predicted octanol–water partition coefficient (Wildman–Crippen LogP) is 1.88. The van der Waals surface area contributed by atoms with Crippen LogP contribution in [-0.4, -0.2) is 36.9 Å². The fourth-order valence-corrected chi connectivity index (χ4v) is 2.95. The highest BCUT2D eigenvalue weighted by Crippen LogP contribution is 2.22. The van der Waals surface area contributed by atoms with Gasteiger partial charge in [0.15, 0.2) is 11.6 Å². The minimum atomic E-state index is -0.412. The number of primary amides is 1. The Morgan fingerprint density at radius 2 is 2.04 bits per heavy atom. The number of carbonyl (C=O) groups excluding carboxylic acids is 2. The third-order valence-corrected chi connectivity index (χ3v) is 4.30. The number of likely N-dealkylation sites (tertiary alicyclic amines) is 1. The van der Waals surface area contributed by atoms with Gasteiger partial charge >= 0.3 is 0 Å². The van der Waals surface area contributed by atoms with E-state index < -0.39 is 5.82 Å². The van der Waals surface area contributed by atoms with Crippen LogP contribution in [0.3, 0.4) is 0 Å². The first-order chi connectivity index (χ1) is 11.0. The van der Waals surface area contributed by atoms with Crippen molar-refractivity contribution in [2.75, 3.05) is 20.2 Å². The van der Waals surface area contributed by atoms with Gasteiger partial charge < -0.3 is 15.4 Å². The maximum absolute atomic E-state index is 13.6. The van der Waals surface area contributed by atoms with Crippen molar-refractivity contribution in [3.8, 4) is 5.75 Å². The number of halogens is 1. The molecule has 0 atom stereocenters. The van der Waals surface area contributed by atoms with Crippen LogP contribution in [0.25, 0.3) is 0 Å². The van der Waals surface area contributed by atoms with Crippen LogP contribution < -0.4 is 10.5 Å². The molecule has 0 spiro atoms. The normalized spacial score (nSPS) is 15.5. The number of nitrogens with two attached hydrogens (primary N) is 1. The summed E-state index contributed by atoms with van der Waals surface area (Å²) in [5.41, 5.74) is 5.98. The number of piperidine rings is 1. The number of amides is 2. The first-order valence-electron chi connectivity index (χ1n) is 7.88. The third kappa shape index (κ3) is 4.94. The Morgan fingerprint density at radius 3 is 2.61 bits per heavy atom. The Bertz CT molecular complexity index is 569. The van der Waals surface area contributed by atoms with Gasteiger partial charge in [0.05, 0.1) is 7.11 Å². The number of carbonyl (C=O) groups is 2. The molecule has 2 rings (SSSR count). The van der Waals surface area contributed by atoms with Gasteiger partial charge in [-0.2, -0.15) is 0 Å². The molecule has 5 nitrogen and oxygen atoms in total. The summed E-state index contributed by atoms with van der Waals surface area (Å²) in [6.45, 7) is 1.32. The van der Waals surface area contributed by atoms with Gasteiger partial charge in [0, 0.05) is 25.9 Å². The molecule has 23 heavy (non-hydrogen) atoms. The van der Waals surface area contributed by atoms with E-state index in [9.17, 15) is 14.0 Å². The standard InChI is InChI=1S/C17H23FN2O3/c1-23-15-4-2-12(10-14(15)18)3-5-17(22)20-8-6-13(7-9-20)11-16(19)21/h2,4,10,13H,3,5-9,11H2,1H3,(H2,19,21). The zero-order valence-corrected chi connectivity index (χ0v) is 13.4. The smallest absolute Gasteiger partial charge is 0.222 e. The van der Waals surface area contributed by atoms with Crippen LogP contribution in [0.2, 0.25) is 0 Å². The summed E-state index contributed by atoms with van der Waals surface area (Å²) < 4.78 is 18.5. The molecule has 1 fully saturated rings. The summed E-state index contributed by atoms with van der Waals surface area (Å²) in [6.07, 6.45) is 2.87. The predicted molar refractivity (Wildman–Crippen MR) is 84.4 cm³/mol. The summed E-state index contributed by atoms with van der Waals surface area (Å²) in [5, 5.41) is 0. The van der Waals surface area contributed by atoms with E-state index in [4.69, 9.17) is 10.5 Å². The lowest BCUT2D eigenvalue weighted by Crippen LogP contribution is -2.39. The molecule has 0 unspecified atom stereocenters. The minimum Gasteiger partial charge on any atom is -0.494 e. The van der Waals surface area contributed by atoms with E-state index >= 15 is 0 Å². The quantitative estimate of drug-likeness (QED) is 0.869. The van der Waals surface area contributed by atoms with Crippen LogP contribution in [0.15, 0.2) is 18.2 Å². The number of aryl methyl sites for hydroxylation is 1. The molecule has 0 radical (unpaired) electrons. The van der Waals surface area contributed by atoms with Crippen molar-refractivity contribution in [2.45, 2.75) is 32.1 Å². The van der Waals surface area contributed by atoms with E-state index in [0.29, 0.717) is 32.4 Å². The Labute approximate surface area is 135 Å². The number of rotatable bonds is 6. The zero-order valence-electron chi connectivity index (χ0n) is 13.4. The van der Waals surface area contributed by atoms with Crippen molar-refractivity contribution >= 4 is 11.8 Å². The molecule has 1 aromatic carbocycles. The SMILES string of the molecule is COc1ccc(CCC(=O)N2CCC(CC(N)=O)CC2)cc1F. The monoisotopic (exact) mass is 322 g/mol. The molecule has 1 saturated heterocycles. The fraction of sp³-hybridized carbons (Fsp3) is 0.529. The molecule has 0 aliphatic carbocycles. The Hall–Kier alpha value is -2.11. The van der Waals surface area contributed by atoms with Crippen LogP contribution in [0.5, 0.6) is 5.75 Å². The van der Waals surface area contributed by atoms with Crippen molar-refractivity contribution in [3.63, 3.8) is 0 Å². The number of benzene rings is 1. The molecule has 126 valence electrons. The highest BCUT2D eigenvalue weighted by Gasteiger charge is 2.23. The van der Waals surface area contributed by atoms with Crippen LogP contribution in [0, 0.1) is 11.7 Å². The first kappa shape index (κ1) is 17.2. The molecule has 0 bridgehead atoms. The largest absolute Gasteiger partial charge is 0.494 e. The maximum atomic E-state index is 13.6.